The van der Waals surface area contributed by atoms with E-state index in [1.54, 1.807) is 13.8 Å². The lowest BCUT2D eigenvalue weighted by molar-refractivity contribution is -0.142. The van der Waals surface area contributed by atoms with Crippen molar-refractivity contribution in [1.82, 2.24) is 0 Å². The summed E-state index contributed by atoms with van der Waals surface area (Å²) >= 11 is 0. The highest BCUT2D eigenvalue weighted by molar-refractivity contribution is 5.69. The Bertz CT molecular complexity index is 396. The molecule has 1 N–H and O–H groups in total. The third kappa shape index (κ3) is 10.8. The van der Waals surface area contributed by atoms with Gasteiger partial charge in [-0.3, -0.25) is 9.59 Å². The van der Waals surface area contributed by atoms with Crippen molar-refractivity contribution in [3.8, 4) is 0 Å². The summed E-state index contributed by atoms with van der Waals surface area (Å²) in [5, 5.41) is 7.72. The summed E-state index contributed by atoms with van der Waals surface area (Å²) < 4.78 is 4.89. The van der Waals surface area contributed by atoms with Crippen LogP contribution in [-0.4, -0.2) is 23.7 Å². The molecule has 4 heteroatoms. The normalized spacial score (nSPS) is 9.58. The van der Waals surface area contributed by atoms with Gasteiger partial charge in [-0.05, 0) is 11.6 Å². The van der Waals surface area contributed by atoms with Gasteiger partial charge in [-0.15, -0.1) is 0 Å². The second-order valence-corrected chi connectivity index (χ2v) is 3.60. The van der Waals surface area contributed by atoms with Crippen LogP contribution in [0.4, 0.5) is 0 Å². The summed E-state index contributed by atoms with van der Waals surface area (Å²) in [4.78, 5) is 20.1. The van der Waals surface area contributed by atoms with Gasteiger partial charge in [0.2, 0.25) is 0 Å². The second-order valence-electron chi connectivity index (χ2n) is 3.60. The predicted octanol–water partition coefficient (Wildman–Crippen LogP) is 3.13. The average Bonchev–Trinajstić information content (AvgIpc) is 2.45. The fourth-order valence-corrected chi connectivity index (χ4v) is 0.991. The van der Waals surface area contributed by atoms with Gasteiger partial charge in [-0.2, -0.15) is 0 Å². The molecule has 0 saturated heterocycles. The molecule has 0 radical (unpaired) electrons. The van der Waals surface area contributed by atoms with Gasteiger partial charge < -0.3 is 9.84 Å². The maximum Gasteiger partial charge on any atom is 0.305 e. The van der Waals surface area contributed by atoms with E-state index in [4.69, 9.17) is 9.84 Å². The number of benzene rings is 1. The zero-order chi connectivity index (χ0) is 14.5. The number of hydrogen-bond donors (Lipinski definition) is 1. The Labute approximate surface area is 113 Å². The quantitative estimate of drug-likeness (QED) is 0.830. The summed E-state index contributed by atoms with van der Waals surface area (Å²) in [6.07, 6.45) is 4.42. The molecule has 0 amide bonds. The Kier molecular flexibility index (Phi) is 9.80. The molecule has 1 aromatic rings. The zero-order valence-corrected chi connectivity index (χ0v) is 11.3. The Balaban J connectivity index is 0.000000555. The highest BCUT2D eigenvalue weighted by Crippen LogP contribution is 2.00. The van der Waals surface area contributed by atoms with Gasteiger partial charge in [0.15, 0.2) is 0 Å². The van der Waals surface area contributed by atoms with Crippen LogP contribution in [0, 0.1) is 0 Å². The molecule has 0 aliphatic carbocycles. The van der Waals surface area contributed by atoms with Crippen molar-refractivity contribution < 1.29 is 19.4 Å². The molecule has 0 unspecified atom stereocenters. The summed E-state index contributed by atoms with van der Waals surface area (Å²) in [5.74, 6) is -0.910. The van der Waals surface area contributed by atoms with E-state index in [-0.39, 0.29) is 12.4 Å². The van der Waals surface area contributed by atoms with Gasteiger partial charge >= 0.3 is 11.9 Å². The first-order valence-corrected chi connectivity index (χ1v) is 6.19. The lowest BCUT2D eigenvalue weighted by Gasteiger charge is -1.97. The highest BCUT2D eigenvalue weighted by Gasteiger charge is 1.93. The SMILES string of the molecule is CCC(=O)O.CCC(=O)OCC=Cc1ccccc1. The van der Waals surface area contributed by atoms with Crippen LogP contribution in [0.2, 0.25) is 0 Å². The molecule has 0 heterocycles. The van der Waals surface area contributed by atoms with E-state index in [2.05, 4.69) is 0 Å². The van der Waals surface area contributed by atoms with Crippen molar-refractivity contribution in [1.29, 1.82) is 0 Å². The zero-order valence-electron chi connectivity index (χ0n) is 11.3. The van der Waals surface area contributed by atoms with Crippen molar-refractivity contribution >= 4 is 18.0 Å². The Morgan fingerprint density at radius 2 is 1.74 bits per heavy atom. The number of rotatable bonds is 5. The minimum atomic E-state index is -0.745. The number of carboxylic acid groups (broad SMARTS) is 1. The van der Waals surface area contributed by atoms with E-state index < -0.39 is 5.97 Å². The third-order valence-electron chi connectivity index (χ3n) is 2.04. The summed E-state index contributed by atoms with van der Waals surface area (Å²) in [5.41, 5.74) is 1.11. The number of ether oxygens (including phenoxy) is 1. The molecular formula is C15H20O4. The largest absolute Gasteiger partial charge is 0.481 e. The van der Waals surface area contributed by atoms with Gasteiger partial charge in [-0.25, -0.2) is 0 Å². The fourth-order valence-electron chi connectivity index (χ4n) is 0.991. The molecule has 4 nitrogen and oxygen atoms in total. The maximum atomic E-state index is 10.8. The first kappa shape index (κ1) is 16.9. The number of carboxylic acids is 1. The van der Waals surface area contributed by atoms with Gasteiger partial charge in [0.05, 0.1) is 0 Å². The van der Waals surface area contributed by atoms with Crippen molar-refractivity contribution in [3.05, 3.63) is 42.0 Å². The topological polar surface area (TPSA) is 63.6 Å². The van der Waals surface area contributed by atoms with Crippen molar-refractivity contribution in [2.75, 3.05) is 6.61 Å². The number of carbonyl (C=O) groups excluding carboxylic acids is 1. The number of carbonyl (C=O) groups is 2. The molecule has 19 heavy (non-hydrogen) atoms. The van der Waals surface area contributed by atoms with Crippen LogP contribution in [-0.2, 0) is 14.3 Å². The molecule has 0 aliphatic rings. The Hall–Kier alpha value is -2.10. The van der Waals surface area contributed by atoms with Gasteiger partial charge in [0.1, 0.15) is 6.61 Å². The first-order valence-electron chi connectivity index (χ1n) is 6.19. The van der Waals surface area contributed by atoms with Crippen molar-refractivity contribution in [2.24, 2.45) is 0 Å². The molecule has 0 fully saturated rings. The summed E-state index contributed by atoms with van der Waals surface area (Å²) in [7, 11) is 0. The standard InChI is InChI=1S/C12H14O2.C3H6O2/c1-2-12(13)14-10-6-9-11-7-4-3-5-8-11;1-2-3(4)5/h3-9H,2,10H2,1H3;2H2,1H3,(H,4,5). The Morgan fingerprint density at radius 3 is 2.21 bits per heavy atom. The third-order valence-corrected chi connectivity index (χ3v) is 2.04. The van der Waals surface area contributed by atoms with Crippen LogP contribution in [0.1, 0.15) is 32.3 Å². The van der Waals surface area contributed by atoms with Crippen LogP contribution in [0.3, 0.4) is 0 Å². The van der Waals surface area contributed by atoms with Crippen LogP contribution in [0.25, 0.3) is 6.08 Å². The van der Waals surface area contributed by atoms with E-state index in [9.17, 15) is 9.59 Å². The van der Waals surface area contributed by atoms with E-state index >= 15 is 0 Å². The number of aliphatic carboxylic acids is 1. The number of esters is 1. The predicted molar refractivity (Wildman–Crippen MR) is 74.7 cm³/mol. The smallest absolute Gasteiger partial charge is 0.305 e. The summed E-state index contributed by atoms with van der Waals surface area (Å²) in [6.45, 7) is 3.73. The average molecular weight is 264 g/mol. The highest BCUT2D eigenvalue weighted by atomic mass is 16.5. The molecule has 1 aromatic carbocycles. The van der Waals surface area contributed by atoms with E-state index in [0.29, 0.717) is 13.0 Å². The van der Waals surface area contributed by atoms with Gasteiger partial charge in [0.25, 0.3) is 0 Å². The van der Waals surface area contributed by atoms with Crippen LogP contribution < -0.4 is 0 Å². The van der Waals surface area contributed by atoms with Crippen LogP contribution >= 0.6 is 0 Å². The summed E-state index contributed by atoms with van der Waals surface area (Å²) in [6, 6.07) is 9.90. The van der Waals surface area contributed by atoms with E-state index in [1.807, 2.05) is 42.5 Å². The van der Waals surface area contributed by atoms with E-state index in [0.717, 1.165) is 5.56 Å². The minimum absolute atomic E-state index is 0.164. The van der Waals surface area contributed by atoms with Crippen molar-refractivity contribution in [2.45, 2.75) is 26.7 Å². The lowest BCUT2D eigenvalue weighted by atomic mass is 10.2. The molecular weight excluding hydrogens is 244 g/mol. The van der Waals surface area contributed by atoms with Gasteiger partial charge in [0, 0.05) is 12.8 Å². The van der Waals surface area contributed by atoms with E-state index in [1.165, 1.54) is 0 Å². The lowest BCUT2D eigenvalue weighted by Crippen LogP contribution is -2.01. The molecule has 0 saturated carbocycles. The van der Waals surface area contributed by atoms with Crippen LogP contribution in [0.5, 0.6) is 0 Å². The Morgan fingerprint density at radius 1 is 1.16 bits per heavy atom. The van der Waals surface area contributed by atoms with Crippen LogP contribution in [0.15, 0.2) is 36.4 Å². The molecule has 0 bridgehead atoms. The fraction of sp³-hybridized carbons (Fsp3) is 0.333. The molecule has 0 atom stereocenters. The molecule has 0 aromatic heterocycles. The molecule has 104 valence electrons. The molecule has 0 spiro atoms. The monoisotopic (exact) mass is 264 g/mol. The van der Waals surface area contributed by atoms with Gasteiger partial charge in [-0.1, -0.05) is 50.3 Å². The number of hydrogen-bond acceptors (Lipinski definition) is 3. The second kappa shape index (κ2) is 11.0. The first-order chi connectivity index (χ1) is 9.10. The minimum Gasteiger partial charge on any atom is -0.481 e. The molecule has 1 rings (SSSR count). The molecule has 0 aliphatic heterocycles. The maximum absolute atomic E-state index is 10.8. The van der Waals surface area contributed by atoms with Crippen molar-refractivity contribution in [3.63, 3.8) is 0 Å².